The van der Waals surface area contributed by atoms with Gasteiger partial charge in [0.2, 0.25) is 0 Å². The molecule has 0 radical (unpaired) electrons. The van der Waals surface area contributed by atoms with Crippen LogP contribution in [0.5, 0.6) is 5.75 Å². The van der Waals surface area contributed by atoms with Gasteiger partial charge < -0.3 is 15.8 Å². The Labute approximate surface area is 175 Å². The maximum Gasteiger partial charge on any atom is 0.125 e. The smallest absolute Gasteiger partial charge is 0.125 e. The molecule has 1 aromatic heterocycles. The number of nitrogens with zero attached hydrogens (tertiary/aromatic N) is 1. The van der Waals surface area contributed by atoms with Crippen LogP contribution in [0.1, 0.15) is 94.2 Å². The van der Waals surface area contributed by atoms with Gasteiger partial charge in [-0.3, -0.25) is 4.98 Å². The van der Waals surface area contributed by atoms with Crippen molar-refractivity contribution in [2.24, 2.45) is 5.73 Å². The van der Waals surface area contributed by atoms with Crippen molar-refractivity contribution in [2.45, 2.75) is 89.0 Å². The highest BCUT2D eigenvalue weighted by molar-refractivity contribution is 5.95. The highest BCUT2D eigenvalue weighted by atomic mass is 16.5. The lowest BCUT2D eigenvalue weighted by atomic mass is 9.91. The van der Waals surface area contributed by atoms with Gasteiger partial charge in [0.05, 0.1) is 18.3 Å². The summed E-state index contributed by atoms with van der Waals surface area (Å²) in [6.45, 7) is 2.97. The van der Waals surface area contributed by atoms with Crippen LogP contribution in [0.15, 0.2) is 18.2 Å². The SMILES string of the molecule is COc1cc(NC(C)CCCN)c2nc(C3CCCC3)ccc2c1C1CCCC1. The average Bonchev–Trinajstić information content (AvgIpc) is 3.45. The van der Waals surface area contributed by atoms with E-state index in [9.17, 15) is 0 Å². The van der Waals surface area contributed by atoms with E-state index >= 15 is 0 Å². The summed E-state index contributed by atoms with van der Waals surface area (Å²) < 4.78 is 5.91. The Balaban J connectivity index is 1.80. The van der Waals surface area contributed by atoms with Crippen LogP contribution in [0.4, 0.5) is 5.69 Å². The Hall–Kier alpha value is -1.81. The summed E-state index contributed by atoms with van der Waals surface area (Å²) in [5, 5.41) is 5.02. The second kappa shape index (κ2) is 9.34. The number of nitrogens with two attached hydrogens (primary N) is 1. The third-order valence-electron chi connectivity index (χ3n) is 7.00. The molecule has 0 saturated heterocycles. The molecule has 4 heteroatoms. The van der Waals surface area contributed by atoms with Crippen molar-refractivity contribution in [1.29, 1.82) is 0 Å². The van der Waals surface area contributed by atoms with Crippen LogP contribution in [0, 0.1) is 0 Å². The lowest BCUT2D eigenvalue weighted by molar-refractivity contribution is 0.406. The van der Waals surface area contributed by atoms with Crippen LogP contribution in [-0.4, -0.2) is 24.7 Å². The van der Waals surface area contributed by atoms with Crippen LogP contribution in [0.2, 0.25) is 0 Å². The Morgan fingerprint density at radius 1 is 1.10 bits per heavy atom. The molecule has 2 fully saturated rings. The van der Waals surface area contributed by atoms with E-state index in [0.29, 0.717) is 17.9 Å². The molecule has 3 N–H and O–H groups in total. The largest absolute Gasteiger partial charge is 0.496 e. The van der Waals surface area contributed by atoms with Gasteiger partial charge in [-0.15, -0.1) is 0 Å². The topological polar surface area (TPSA) is 60.2 Å². The quantitative estimate of drug-likeness (QED) is 0.567. The van der Waals surface area contributed by atoms with Gasteiger partial charge in [0.25, 0.3) is 0 Å². The minimum Gasteiger partial charge on any atom is -0.496 e. The molecule has 0 spiro atoms. The van der Waals surface area contributed by atoms with Gasteiger partial charge in [-0.1, -0.05) is 31.7 Å². The van der Waals surface area contributed by atoms with Crippen LogP contribution in [-0.2, 0) is 0 Å². The number of pyridine rings is 1. The first-order chi connectivity index (χ1) is 14.2. The molecule has 0 bridgehead atoms. The predicted molar refractivity (Wildman–Crippen MR) is 122 cm³/mol. The predicted octanol–water partition coefficient (Wildman–Crippen LogP) is 6.10. The first kappa shape index (κ1) is 20.5. The van der Waals surface area contributed by atoms with Gasteiger partial charge in [0, 0.05) is 34.7 Å². The van der Waals surface area contributed by atoms with E-state index in [4.69, 9.17) is 15.5 Å². The van der Waals surface area contributed by atoms with E-state index in [1.54, 1.807) is 0 Å². The van der Waals surface area contributed by atoms with E-state index in [1.807, 2.05) is 7.11 Å². The summed E-state index contributed by atoms with van der Waals surface area (Å²) in [5.41, 5.74) is 10.6. The third-order valence-corrected chi connectivity index (χ3v) is 7.00. The molecule has 2 aromatic rings. The van der Waals surface area contributed by atoms with Crippen molar-refractivity contribution in [3.8, 4) is 5.75 Å². The molecule has 1 aromatic carbocycles. The zero-order valence-electron chi connectivity index (χ0n) is 18.2. The fourth-order valence-electron chi connectivity index (χ4n) is 5.43. The van der Waals surface area contributed by atoms with E-state index in [-0.39, 0.29) is 0 Å². The molecule has 1 atom stereocenters. The summed E-state index contributed by atoms with van der Waals surface area (Å²) in [5.74, 6) is 2.24. The van der Waals surface area contributed by atoms with Gasteiger partial charge in [-0.25, -0.2) is 0 Å². The molecule has 0 aliphatic heterocycles. The molecule has 29 heavy (non-hydrogen) atoms. The monoisotopic (exact) mass is 395 g/mol. The Morgan fingerprint density at radius 3 is 2.45 bits per heavy atom. The molecule has 2 saturated carbocycles. The first-order valence-corrected chi connectivity index (χ1v) is 11.7. The molecule has 2 aliphatic rings. The number of fused-ring (bicyclic) bond motifs is 1. The molecule has 4 rings (SSSR count). The van der Waals surface area contributed by atoms with Crippen molar-refractivity contribution < 1.29 is 4.74 Å². The number of nitrogens with one attached hydrogen (secondary N) is 1. The number of hydrogen-bond acceptors (Lipinski definition) is 4. The Kier molecular flexibility index (Phi) is 6.59. The first-order valence-electron chi connectivity index (χ1n) is 11.7. The van der Waals surface area contributed by atoms with E-state index in [1.165, 1.54) is 68.0 Å². The van der Waals surface area contributed by atoms with E-state index < -0.39 is 0 Å². The van der Waals surface area contributed by atoms with Gasteiger partial charge >= 0.3 is 0 Å². The van der Waals surface area contributed by atoms with Crippen LogP contribution in [0.3, 0.4) is 0 Å². The number of ether oxygens (including phenoxy) is 1. The van der Waals surface area contributed by atoms with Crippen LogP contribution in [0.25, 0.3) is 10.9 Å². The van der Waals surface area contributed by atoms with E-state index in [0.717, 1.165) is 36.3 Å². The molecular weight excluding hydrogens is 358 g/mol. The number of aromatic nitrogens is 1. The molecular formula is C25H37N3O. The van der Waals surface area contributed by atoms with Gasteiger partial charge in [-0.2, -0.15) is 0 Å². The van der Waals surface area contributed by atoms with Crippen molar-refractivity contribution in [1.82, 2.24) is 4.98 Å². The fourth-order valence-corrected chi connectivity index (χ4v) is 5.43. The summed E-state index contributed by atoms with van der Waals surface area (Å²) in [4.78, 5) is 5.26. The number of hydrogen-bond donors (Lipinski definition) is 2. The summed E-state index contributed by atoms with van der Waals surface area (Å²) >= 11 is 0. The number of methoxy groups -OCH3 is 1. The average molecular weight is 396 g/mol. The van der Waals surface area contributed by atoms with E-state index in [2.05, 4.69) is 30.4 Å². The van der Waals surface area contributed by atoms with Gasteiger partial charge in [0.15, 0.2) is 0 Å². The second-order valence-corrected chi connectivity index (χ2v) is 9.11. The van der Waals surface area contributed by atoms with Crippen LogP contribution < -0.4 is 15.8 Å². The highest BCUT2D eigenvalue weighted by Crippen LogP contribution is 2.45. The number of anilines is 1. The van der Waals surface area contributed by atoms with Gasteiger partial charge in [-0.05, 0) is 64.0 Å². The van der Waals surface area contributed by atoms with Crippen molar-refractivity contribution in [2.75, 3.05) is 19.0 Å². The van der Waals surface area contributed by atoms with Crippen molar-refractivity contribution >= 4 is 16.6 Å². The Bertz CT molecular complexity index is 822. The van der Waals surface area contributed by atoms with Crippen molar-refractivity contribution in [3.63, 3.8) is 0 Å². The standard InChI is InChI=1S/C25H37N3O/c1-17(8-7-15-26)27-22-16-23(29-2)24(19-11-5-6-12-19)20-13-14-21(28-25(20)22)18-9-3-4-10-18/h13-14,16-19,27H,3-12,15,26H2,1-2H3. The second-order valence-electron chi connectivity index (χ2n) is 9.11. The van der Waals surface area contributed by atoms with Crippen molar-refractivity contribution in [3.05, 3.63) is 29.5 Å². The maximum atomic E-state index is 5.91. The summed E-state index contributed by atoms with van der Waals surface area (Å²) in [6.07, 6.45) is 12.5. The Morgan fingerprint density at radius 2 is 1.79 bits per heavy atom. The van der Waals surface area contributed by atoms with Gasteiger partial charge in [0.1, 0.15) is 5.75 Å². The number of rotatable bonds is 8. The minimum atomic E-state index is 0.362. The fraction of sp³-hybridized carbons (Fsp3) is 0.640. The minimum absolute atomic E-state index is 0.362. The molecule has 158 valence electrons. The molecule has 2 aliphatic carbocycles. The molecule has 1 heterocycles. The highest BCUT2D eigenvalue weighted by Gasteiger charge is 2.26. The summed E-state index contributed by atoms with van der Waals surface area (Å²) in [6, 6.07) is 7.20. The summed E-state index contributed by atoms with van der Waals surface area (Å²) in [7, 11) is 1.81. The molecule has 1 unspecified atom stereocenters. The number of benzene rings is 1. The lowest BCUT2D eigenvalue weighted by Crippen LogP contribution is -2.17. The zero-order chi connectivity index (χ0) is 20.2. The van der Waals surface area contributed by atoms with Crippen LogP contribution >= 0.6 is 0 Å². The zero-order valence-corrected chi connectivity index (χ0v) is 18.2. The molecule has 4 nitrogen and oxygen atoms in total. The third kappa shape index (κ3) is 4.37. The lowest BCUT2D eigenvalue weighted by Gasteiger charge is -2.23. The normalized spacial score (nSPS) is 19.1. The molecule has 0 amide bonds. The maximum absolute atomic E-state index is 5.91.